The average molecular weight is 288 g/mol. The summed E-state index contributed by atoms with van der Waals surface area (Å²) >= 11 is 0. The molecule has 114 valence electrons. The molecule has 1 saturated heterocycles. The van der Waals surface area contributed by atoms with Crippen LogP contribution in [0, 0.1) is 0 Å². The van der Waals surface area contributed by atoms with Gasteiger partial charge in [-0.25, -0.2) is 0 Å². The first-order valence-corrected chi connectivity index (χ1v) is 7.61. The van der Waals surface area contributed by atoms with Crippen molar-refractivity contribution in [1.82, 2.24) is 10.2 Å². The van der Waals surface area contributed by atoms with Crippen LogP contribution in [0.4, 0.5) is 0 Å². The van der Waals surface area contributed by atoms with Gasteiger partial charge in [-0.05, 0) is 25.8 Å². The van der Waals surface area contributed by atoms with Crippen LogP contribution in [0.3, 0.4) is 0 Å². The van der Waals surface area contributed by atoms with Crippen molar-refractivity contribution >= 4 is 11.8 Å². The monoisotopic (exact) mass is 288 g/mol. The summed E-state index contributed by atoms with van der Waals surface area (Å²) in [6.07, 6.45) is 2.30. The Balaban J connectivity index is 2.33. The standard InChI is InChI=1S/C17H24N2O2/c1-4-11-17(2,3)19-12-10-14(20)18-15(16(19)21)13-8-6-5-7-9-13/h5-9,15H,4,10-12H2,1-3H3,(H,18,20). The molecule has 0 aromatic heterocycles. The molecule has 2 rings (SSSR count). The predicted octanol–water partition coefficient (Wildman–Crippen LogP) is 2.65. The van der Waals surface area contributed by atoms with Crippen LogP contribution in [0.15, 0.2) is 30.3 Å². The predicted molar refractivity (Wildman–Crippen MR) is 82.6 cm³/mol. The Morgan fingerprint density at radius 3 is 2.52 bits per heavy atom. The van der Waals surface area contributed by atoms with Crippen molar-refractivity contribution in [3.05, 3.63) is 35.9 Å². The molecule has 1 aromatic rings. The smallest absolute Gasteiger partial charge is 0.250 e. The lowest BCUT2D eigenvalue weighted by atomic mass is 9.94. The number of benzene rings is 1. The first kappa shape index (κ1) is 15.5. The zero-order chi connectivity index (χ0) is 15.5. The van der Waals surface area contributed by atoms with E-state index in [1.54, 1.807) is 0 Å². The summed E-state index contributed by atoms with van der Waals surface area (Å²) in [6, 6.07) is 8.89. The van der Waals surface area contributed by atoms with E-state index in [0.717, 1.165) is 18.4 Å². The molecule has 0 radical (unpaired) electrons. The van der Waals surface area contributed by atoms with Gasteiger partial charge in [0.05, 0.1) is 0 Å². The average Bonchev–Trinajstić information content (AvgIpc) is 2.59. The van der Waals surface area contributed by atoms with Crippen LogP contribution >= 0.6 is 0 Å². The van der Waals surface area contributed by atoms with Crippen LogP contribution in [-0.2, 0) is 9.59 Å². The van der Waals surface area contributed by atoms with Crippen molar-refractivity contribution in [2.45, 2.75) is 51.6 Å². The molecule has 1 heterocycles. The van der Waals surface area contributed by atoms with Gasteiger partial charge in [0.1, 0.15) is 6.04 Å². The molecule has 1 N–H and O–H groups in total. The number of carbonyl (C=O) groups is 2. The summed E-state index contributed by atoms with van der Waals surface area (Å²) < 4.78 is 0. The van der Waals surface area contributed by atoms with Crippen LogP contribution in [0.25, 0.3) is 0 Å². The fourth-order valence-electron chi connectivity index (χ4n) is 2.99. The van der Waals surface area contributed by atoms with E-state index in [9.17, 15) is 9.59 Å². The minimum absolute atomic E-state index is 0.00880. The third-order valence-corrected chi connectivity index (χ3v) is 4.11. The van der Waals surface area contributed by atoms with Crippen molar-refractivity contribution in [2.75, 3.05) is 6.54 Å². The van der Waals surface area contributed by atoms with Crippen LogP contribution in [0.2, 0.25) is 0 Å². The summed E-state index contributed by atoms with van der Waals surface area (Å²) in [5, 5.41) is 2.86. The summed E-state index contributed by atoms with van der Waals surface area (Å²) in [7, 11) is 0. The highest BCUT2D eigenvalue weighted by Crippen LogP contribution is 2.27. The lowest BCUT2D eigenvalue weighted by molar-refractivity contribution is -0.138. The Morgan fingerprint density at radius 1 is 1.24 bits per heavy atom. The zero-order valence-corrected chi connectivity index (χ0v) is 13.1. The maximum atomic E-state index is 12.9. The number of nitrogens with one attached hydrogen (secondary N) is 1. The van der Waals surface area contributed by atoms with Gasteiger partial charge >= 0.3 is 0 Å². The molecule has 1 aliphatic heterocycles. The summed E-state index contributed by atoms with van der Waals surface area (Å²) in [5.74, 6) is -0.0718. The van der Waals surface area contributed by atoms with Crippen LogP contribution in [0.5, 0.6) is 0 Å². The molecule has 1 fully saturated rings. The lowest BCUT2D eigenvalue weighted by Crippen LogP contribution is -2.50. The lowest BCUT2D eigenvalue weighted by Gasteiger charge is -2.39. The van der Waals surface area contributed by atoms with E-state index in [1.807, 2.05) is 35.2 Å². The highest BCUT2D eigenvalue weighted by atomic mass is 16.2. The molecule has 1 atom stereocenters. The second-order valence-corrected chi connectivity index (χ2v) is 6.21. The molecule has 0 spiro atoms. The van der Waals surface area contributed by atoms with Gasteiger partial charge in [0.25, 0.3) is 0 Å². The highest BCUT2D eigenvalue weighted by molar-refractivity contribution is 5.91. The fourth-order valence-corrected chi connectivity index (χ4v) is 2.99. The molecule has 0 aliphatic carbocycles. The van der Waals surface area contributed by atoms with E-state index in [4.69, 9.17) is 0 Å². The van der Waals surface area contributed by atoms with Gasteiger partial charge in [-0.15, -0.1) is 0 Å². The Hall–Kier alpha value is -1.84. The minimum atomic E-state index is -0.572. The third kappa shape index (κ3) is 3.43. The van der Waals surface area contributed by atoms with Gasteiger partial charge in [-0.1, -0.05) is 43.7 Å². The van der Waals surface area contributed by atoms with E-state index in [0.29, 0.717) is 13.0 Å². The molecule has 1 aromatic carbocycles. The van der Waals surface area contributed by atoms with E-state index < -0.39 is 6.04 Å². The number of nitrogens with zero attached hydrogens (tertiary/aromatic N) is 1. The summed E-state index contributed by atoms with van der Waals surface area (Å²) in [4.78, 5) is 26.7. The molecule has 21 heavy (non-hydrogen) atoms. The van der Waals surface area contributed by atoms with Crippen LogP contribution in [-0.4, -0.2) is 28.8 Å². The minimum Gasteiger partial charge on any atom is -0.340 e. The van der Waals surface area contributed by atoms with Gasteiger partial charge in [0.2, 0.25) is 11.8 Å². The molecule has 4 heteroatoms. The molecular weight excluding hydrogens is 264 g/mol. The van der Waals surface area contributed by atoms with Gasteiger partial charge in [0.15, 0.2) is 0 Å². The number of amides is 2. The third-order valence-electron chi connectivity index (χ3n) is 4.11. The SMILES string of the molecule is CCCC(C)(C)N1CCC(=O)NC(c2ccccc2)C1=O. The second-order valence-electron chi connectivity index (χ2n) is 6.21. The summed E-state index contributed by atoms with van der Waals surface area (Å²) in [6.45, 7) is 6.75. The van der Waals surface area contributed by atoms with E-state index in [2.05, 4.69) is 26.1 Å². The Bertz CT molecular complexity index is 511. The van der Waals surface area contributed by atoms with Crippen LogP contribution < -0.4 is 5.32 Å². The largest absolute Gasteiger partial charge is 0.340 e. The maximum Gasteiger partial charge on any atom is 0.250 e. The maximum absolute atomic E-state index is 12.9. The molecular formula is C17H24N2O2. The molecule has 1 unspecified atom stereocenters. The molecule has 0 saturated carbocycles. The Morgan fingerprint density at radius 2 is 1.90 bits per heavy atom. The number of carbonyl (C=O) groups excluding carboxylic acids is 2. The van der Waals surface area contributed by atoms with Gasteiger partial charge in [-0.2, -0.15) is 0 Å². The van der Waals surface area contributed by atoms with Crippen molar-refractivity contribution in [3.8, 4) is 0 Å². The molecule has 2 amide bonds. The summed E-state index contributed by atoms with van der Waals surface area (Å²) in [5.41, 5.74) is 0.612. The van der Waals surface area contributed by atoms with Crippen molar-refractivity contribution in [2.24, 2.45) is 0 Å². The van der Waals surface area contributed by atoms with Crippen molar-refractivity contribution < 1.29 is 9.59 Å². The van der Waals surface area contributed by atoms with E-state index in [1.165, 1.54) is 0 Å². The van der Waals surface area contributed by atoms with Gasteiger partial charge < -0.3 is 10.2 Å². The normalized spacial score (nSPS) is 20.1. The van der Waals surface area contributed by atoms with Crippen molar-refractivity contribution in [1.29, 1.82) is 0 Å². The number of rotatable bonds is 4. The van der Waals surface area contributed by atoms with Crippen LogP contribution in [0.1, 0.15) is 51.6 Å². The first-order chi connectivity index (χ1) is 9.95. The van der Waals surface area contributed by atoms with E-state index >= 15 is 0 Å². The first-order valence-electron chi connectivity index (χ1n) is 7.61. The second kappa shape index (κ2) is 6.29. The topological polar surface area (TPSA) is 49.4 Å². The number of hydrogen-bond donors (Lipinski definition) is 1. The van der Waals surface area contributed by atoms with Gasteiger partial charge in [0, 0.05) is 18.5 Å². The highest BCUT2D eigenvalue weighted by Gasteiger charge is 2.37. The molecule has 1 aliphatic rings. The quantitative estimate of drug-likeness (QED) is 0.926. The Labute approximate surface area is 126 Å². The molecule has 0 bridgehead atoms. The fraction of sp³-hybridized carbons (Fsp3) is 0.529. The van der Waals surface area contributed by atoms with Gasteiger partial charge in [-0.3, -0.25) is 9.59 Å². The van der Waals surface area contributed by atoms with E-state index in [-0.39, 0.29) is 17.4 Å². The molecule has 4 nitrogen and oxygen atoms in total. The Kier molecular flexibility index (Phi) is 4.66. The van der Waals surface area contributed by atoms with Crippen molar-refractivity contribution in [3.63, 3.8) is 0 Å². The number of hydrogen-bond acceptors (Lipinski definition) is 2. The zero-order valence-electron chi connectivity index (χ0n) is 13.1.